The maximum Gasteiger partial charge on any atom is 0.205 e. The molecule has 3 aromatic rings. The lowest BCUT2D eigenvalue weighted by Crippen LogP contribution is -2.01. The third-order valence-electron chi connectivity index (χ3n) is 3.12. The fourth-order valence-corrected chi connectivity index (χ4v) is 2.68. The van der Waals surface area contributed by atoms with Crippen LogP contribution in [0.3, 0.4) is 0 Å². The van der Waals surface area contributed by atoms with Crippen LogP contribution in [-0.2, 0) is 0 Å². The number of rotatable bonds is 2. The summed E-state index contributed by atoms with van der Waals surface area (Å²) < 4.78 is 21.0. The van der Waals surface area contributed by atoms with Crippen LogP contribution in [0.1, 0.15) is 0 Å². The molecule has 0 radical (unpaired) electrons. The summed E-state index contributed by atoms with van der Waals surface area (Å²) in [5.74, 6) is 0.379. The highest BCUT2D eigenvalue weighted by atomic mass is 79.9. The van der Waals surface area contributed by atoms with Gasteiger partial charge in [-0.3, -0.25) is 4.57 Å². The number of hydrogen-bond acceptors (Lipinski definition) is 3. The minimum atomic E-state index is -0.385. The van der Waals surface area contributed by atoms with Gasteiger partial charge in [-0.05, 0) is 34.1 Å². The number of aromatic nitrogens is 2. The van der Waals surface area contributed by atoms with Crippen molar-refractivity contribution in [2.75, 3.05) is 12.8 Å². The molecule has 0 saturated carbocycles. The van der Waals surface area contributed by atoms with Gasteiger partial charge >= 0.3 is 0 Å². The molecule has 0 aliphatic carbocycles. The van der Waals surface area contributed by atoms with Gasteiger partial charge in [-0.15, -0.1) is 0 Å². The number of anilines is 1. The van der Waals surface area contributed by atoms with Crippen LogP contribution >= 0.6 is 27.5 Å². The summed E-state index contributed by atoms with van der Waals surface area (Å²) in [7, 11) is 1.52. The molecule has 0 atom stereocenters. The monoisotopic (exact) mass is 369 g/mol. The van der Waals surface area contributed by atoms with Crippen molar-refractivity contribution in [2.45, 2.75) is 0 Å². The summed E-state index contributed by atoms with van der Waals surface area (Å²) in [6.45, 7) is 0. The van der Waals surface area contributed by atoms with E-state index in [0.717, 1.165) is 0 Å². The smallest absolute Gasteiger partial charge is 0.205 e. The van der Waals surface area contributed by atoms with Crippen LogP contribution in [0.2, 0.25) is 5.02 Å². The lowest BCUT2D eigenvalue weighted by molar-refractivity contribution is 0.415. The summed E-state index contributed by atoms with van der Waals surface area (Å²) in [6, 6.07) is 8.15. The van der Waals surface area contributed by atoms with Gasteiger partial charge in [0.2, 0.25) is 5.95 Å². The van der Waals surface area contributed by atoms with Crippen molar-refractivity contribution in [3.05, 3.63) is 45.6 Å². The van der Waals surface area contributed by atoms with Gasteiger partial charge in [-0.1, -0.05) is 11.6 Å². The van der Waals surface area contributed by atoms with Gasteiger partial charge in [0.15, 0.2) is 0 Å². The first-order chi connectivity index (χ1) is 10.0. The quantitative estimate of drug-likeness (QED) is 0.736. The molecule has 0 fully saturated rings. The van der Waals surface area contributed by atoms with Crippen molar-refractivity contribution < 1.29 is 9.13 Å². The van der Waals surface area contributed by atoms with Crippen LogP contribution < -0.4 is 10.5 Å². The molecule has 108 valence electrons. The van der Waals surface area contributed by atoms with Crippen molar-refractivity contribution in [2.24, 2.45) is 0 Å². The molecule has 1 aromatic heterocycles. The van der Waals surface area contributed by atoms with Gasteiger partial charge in [0, 0.05) is 12.1 Å². The van der Waals surface area contributed by atoms with Crippen molar-refractivity contribution in [1.29, 1.82) is 0 Å². The van der Waals surface area contributed by atoms with Crippen molar-refractivity contribution >= 4 is 44.5 Å². The summed E-state index contributed by atoms with van der Waals surface area (Å²) in [5, 5.41) is 0.484. The standard InChI is InChI=1S/C14H10BrClFN3O/c1-21-13-4-7(2-3-9(13)16)20-12-6-10(17)8(15)5-11(12)19-14(20)18/h2-6H,1H3,(H2,18,19). The lowest BCUT2D eigenvalue weighted by atomic mass is 10.2. The molecule has 0 amide bonds. The minimum Gasteiger partial charge on any atom is -0.495 e. The molecule has 7 heteroatoms. The number of nitrogen functional groups attached to an aromatic ring is 1. The third kappa shape index (κ3) is 2.34. The van der Waals surface area contributed by atoms with E-state index in [1.165, 1.54) is 13.2 Å². The van der Waals surface area contributed by atoms with Gasteiger partial charge in [0.25, 0.3) is 0 Å². The highest BCUT2D eigenvalue weighted by molar-refractivity contribution is 9.10. The average Bonchev–Trinajstić information content (AvgIpc) is 2.75. The second-order valence-corrected chi connectivity index (χ2v) is 5.64. The Morgan fingerprint density at radius 3 is 2.81 bits per heavy atom. The van der Waals surface area contributed by atoms with Crippen molar-refractivity contribution in [1.82, 2.24) is 9.55 Å². The Hall–Kier alpha value is -1.79. The zero-order valence-corrected chi connectivity index (χ0v) is 13.2. The number of nitrogens with two attached hydrogens (primary N) is 1. The highest BCUT2D eigenvalue weighted by Crippen LogP contribution is 2.31. The van der Waals surface area contributed by atoms with Crippen LogP contribution in [0.15, 0.2) is 34.8 Å². The van der Waals surface area contributed by atoms with Crippen LogP contribution in [0, 0.1) is 5.82 Å². The zero-order valence-electron chi connectivity index (χ0n) is 10.9. The fourth-order valence-electron chi connectivity index (χ4n) is 2.15. The summed E-state index contributed by atoms with van der Waals surface area (Å²) in [6.07, 6.45) is 0. The van der Waals surface area contributed by atoms with Gasteiger partial charge < -0.3 is 10.5 Å². The number of benzene rings is 2. The second kappa shape index (κ2) is 5.20. The fraction of sp³-hybridized carbons (Fsp3) is 0.0714. The maximum atomic E-state index is 13.8. The first kappa shape index (κ1) is 14.2. The average molecular weight is 371 g/mol. The molecule has 1 heterocycles. The van der Waals surface area contributed by atoms with Gasteiger partial charge in [0.05, 0.1) is 33.3 Å². The summed E-state index contributed by atoms with van der Waals surface area (Å²) in [4.78, 5) is 4.24. The molecule has 2 aromatic carbocycles. The molecule has 0 unspecified atom stereocenters. The Morgan fingerprint density at radius 2 is 2.10 bits per heavy atom. The Morgan fingerprint density at radius 1 is 1.33 bits per heavy atom. The van der Waals surface area contributed by atoms with E-state index in [0.29, 0.717) is 32.0 Å². The van der Waals surface area contributed by atoms with Crippen molar-refractivity contribution in [3.63, 3.8) is 0 Å². The third-order valence-corrected chi connectivity index (χ3v) is 4.04. The van der Waals surface area contributed by atoms with E-state index < -0.39 is 0 Å². The predicted molar refractivity (Wildman–Crippen MR) is 84.7 cm³/mol. The molecule has 3 rings (SSSR count). The maximum absolute atomic E-state index is 13.8. The largest absolute Gasteiger partial charge is 0.495 e. The van der Waals surface area contributed by atoms with E-state index in [9.17, 15) is 4.39 Å². The molecule has 0 saturated heterocycles. The molecule has 0 aliphatic rings. The number of nitrogens with zero attached hydrogens (tertiary/aromatic N) is 2. The summed E-state index contributed by atoms with van der Waals surface area (Å²) >= 11 is 9.15. The molecule has 21 heavy (non-hydrogen) atoms. The predicted octanol–water partition coefficient (Wildman–Crippen LogP) is 4.17. The van der Waals surface area contributed by atoms with Crippen molar-refractivity contribution in [3.8, 4) is 11.4 Å². The normalized spacial score (nSPS) is 11.0. The molecular formula is C14H10BrClFN3O. The van der Waals surface area contributed by atoms with E-state index in [4.69, 9.17) is 22.1 Å². The number of hydrogen-bond donors (Lipinski definition) is 1. The zero-order chi connectivity index (χ0) is 15.1. The summed E-state index contributed by atoms with van der Waals surface area (Å²) in [5.41, 5.74) is 7.81. The number of methoxy groups -OCH3 is 1. The molecule has 4 nitrogen and oxygen atoms in total. The Bertz CT molecular complexity index is 850. The molecule has 0 aliphatic heterocycles. The first-order valence-electron chi connectivity index (χ1n) is 5.98. The number of halogens is 3. The molecule has 0 spiro atoms. The number of fused-ring (bicyclic) bond motifs is 1. The Kier molecular flexibility index (Phi) is 3.51. The Balaban J connectivity index is 2.29. The second-order valence-electron chi connectivity index (χ2n) is 4.38. The topological polar surface area (TPSA) is 53.1 Å². The van der Waals surface area contributed by atoms with Crippen LogP contribution in [0.4, 0.5) is 10.3 Å². The van der Waals surface area contributed by atoms with Crippen LogP contribution in [-0.4, -0.2) is 16.7 Å². The number of imidazole rings is 1. The van der Waals surface area contributed by atoms with E-state index >= 15 is 0 Å². The van der Waals surface area contributed by atoms with E-state index in [2.05, 4.69) is 20.9 Å². The van der Waals surface area contributed by atoms with E-state index in [1.807, 2.05) is 0 Å². The van der Waals surface area contributed by atoms with Gasteiger partial charge in [-0.25, -0.2) is 9.37 Å². The van der Waals surface area contributed by atoms with E-state index in [-0.39, 0.29) is 11.8 Å². The molecule has 0 bridgehead atoms. The van der Waals surface area contributed by atoms with Crippen LogP contribution in [0.5, 0.6) is 5.75 Å². The SMILES string of the molecule is COc1cc(-n2c(N)nc3cc(Br)c(F)cc32)ccc1Cl. The molecular weight excluding hydrogens is 361 g/mol. The lowest BCUT2D eigenvalue weighted by Gasteiger charge is -2.10. The Labute approximate surface area is 133 Å². The highest BCUT2D eigenvalue weighted by Gasteiger charge is 2.14. The van der Waals surface area contributed by atoms with E-state index in [1.54, 1.807) is 28.8 Å². The van der Waals surface area contributed by atoms with Crippen LogP contribution in [0.25, 0.3) is 16.7 Å². The van der Waals surface area contributed by atoms with Gasteiger partial charge in [0.1, 0.15) is 11.6 Å². The first-order valence-corrected chi connectivity index (χ1v) is 7.15. The minimum absolute atomic E-state index is 0.256. The van der Waals surface area contributed by atoms with Gasteiger partial charge in [-0.2, -0.15) is 0 Å². The number of ether oxygens (including phenoxy) is 1. The molecule has 2 N–H and O–H groups in total.